The smallest absolute Gasteiger partial charge is 0.351 e. The summed E-state index contributed by atoms with van der Waals surface area (Å²) in [5.74, 6) is -0.0388. The maximum absolute atomic E-state index is 12.6. The standard InChI is InChI=1S/C19H20ClF3N2O3S2/c1-29-11-10-17(25-30(27,28)16-8-6-15(20)7-9-16)18(26)24-12-13-2-4-14(5-3-13)19(21,22)23/h2-9,17,25H,10-12H2,1H3,(H,24,26). The fourth-order valence-corrected chi connectivity index (χ4v) is 4.30. The summed E-state index contributed by atoms with van der Waals surface area (Å²) in [5, 5.41) is 2.95. The van der Waals surface area contributed by atoms with Crippen molar-refractivity contribution in [3.05, 3.63) is 64.7 Å². The van der Waals surface area contributed by atoms with E-state index in [-0.39, 0.29) is 17.9 Å². The number of hydrogen-bond acceptors (Lipinski definition) is 4. The van der Waals surface area contributed by atoms with Gasteiger partial charge in [0.15, 0.2) is 0 Å². The van der Waals surface area contributed by atoms with E-state index in [0.717, 1.165) is 12.1 Å². The van der Waals surface area contributed by atoms with Crippen LogP contribution in [0.4, 0.5) is 13.2 Å². The van der Waals surface area contributed by atoms with Crippen LogP contribution in [-0.2, 0) is 27.5 Å². The fourth-order valence-electron chi connectivity index (χ4n) is 2.47. The highest BCUT2D eigenvalue weighted by molar-refractivity contribution is 7.98. The van der Waals surface area contributed by atoms with Crippen LogP contribution < -0.4 is 10.0 Å². The molecule has 0 aliphatic heterocycles. The molecule has 0 spiro atoms. The van der Waals surface area contributed by atoms with Crippen LogP contribution in [0.2, 0.25) is 5.02 Å². The first-order valence-electron chi connectivity index (χ1n) is 8.73. The fraction of sp³-hybridized carbons (Fsp3) is 0.316. The van der Waals surface area contributed by atoms with E-state index in [1.807, 2.05) is 6.26 Å². The molecule has 0 bridgehead atoms. The van der Waals surface area contributed by atoms with Crippen molar-refractivity contribution in [2.75, 3.05) is 12.0 Å². The van der Waals surface area contributed by atoms with Crippen LogP contribution in [0.5, 0.6) is 0 Å². The molecular formula is C19H20ClF3N2O3S2. The molecule has 0 saturated carbocycles. The van der Waals surface area contributed by atoms with Gasteiger partial charge in [0.05, 0.1) is 10.5 Å². The van der Waals surface area contributed by atoms with Crippen LogP contribution in [0.3, 0.4) is 0 Å². The van der Waals surface area contributed by atoms with Gasteiger partial charge in [0.25, 0.3) is 0 Å². The van der Waals surface area contributed by atoms with Crippen molar-refractivity contribution in [1.82, 2.24) is 10.0 Å². The molecule has 0 fully saturated rings. The third-order valence-electron chi connectivity index (χ3n) is 4.10. The zero-order valence-electron chi connectivity index (χ0n) is 15.9. The van der Waals surface area contributed by atoms with Crippen LogP contribution in [0.25, 0.3) is 0 Å². The van der Waals surface area contributed by atoms with E-state index in [1.54, 1.807) is 0 Å². The Kier molecular flexibility index (Phi) is 8.60. The quantitative estimate of drug-likeness (QED) is 0.567. The molecule has 1 amide bonds. The van der Waals surface area contributed by atoms with Gasteiger partial charge < -0.3 is 5.32 Å². The topological polar surface area (TPSA) is 75.3 Å². The first-order chi connectivity index (χ1) is 14.0. The van der Waals surface area contributed by atoms with E-state index in [1.165, 1.54) is 48.2 Å². The van der Waals surface area contributed by atoms with Gasteiger partial charge in [-0.3, -0.25) is 4.79 Å². The predicted octanol–water partition coefficient (Wildman–Crippen LogP) is 4.08. The molecular weight excluding hydrogens is 461 g/mol. The molecule has 1 unspecified atom stereocenters. The highest BCUT2D eigenvalue weighted by atomic mass is 35.5. The number of amides is 1. The van der Waals surface area contributed by atoms with E-state index in [0.29, 0.717) is 16.3 Å². The largest absolute Gasteiger partial charge is 0.416 e. The molecule has 2 rings (SSSR count). The van der Waals surface area contributed by atoms with Crippen molar-refractivity contribution in [2.45, 2.75) is 30.1 Å². The Labute approximate surface area is 182 Å². The number of sulfonamides is 1. The zero-order chi connectivity index (χ0) is 22.4. The van der Waals surface area contributed by atoms with Gasteiger partial charge in [-0.2, -0.15) is 29.7 Å². The lowest BCUT2D eigenvalue weighted by molar-refractivity contribution is -0.137. The van der Waals surface area contributed by atoms with Crippen molar-refractivity contribution >= 4 is 39.3 Å². The van der Waals surface area contributed by atoms with Gasteiger partial charge in [-0.05, 0) is 60.4 Å². The number of thioether (sulfide) groups is 1. The zero-order valence-corrected chi connectivity index (χ0v) is 18.3. The predicted molar refractivity (Wildman–Crippen MR) is 112 cm³/mol. The second-order valence-corrected chi connectivity index (χ2v) is 9.46. The Morgan fingerprint density at radius 2 is 1.70 bits per heavy atom. The Balaban J connectivity index is 2.06. The average molecular weight is 481 g/mol. The summed E-state index contributed by atoms with van der Waals surface area (Å²) in [6, 6.07) is 8.86. The van der Waals surface area contributed by atoms with E-state index in [4.69, 9.17) is 11.6 Å². The van der Waals surface area contributed by atoms with Crippen molar-refractivity contribution in [1.29, 1.82) is 0 Å². The summed E-state index contributed by atoms with van der Waals surface area (Å²) in [6.45, 7) is -0.0323. The average Bonchev–Trinajstić information content (AvgIpc) is 2.69. The van der Waals surface area contributed by atoms with Crippen LogP contribution in [-0.4, -0.2) is 32.4 Å². The highest BCUT2D eigenvalue weighted by Gasteiger charge is 2.30. The monoisotopic (exact) mass is 480 g/mol. The Morgan fingerprint density at radius 3 is 2.23 bits per heavy atom. The Morgan fingerprint density at radius 1 is 1.10 bits per heavy atom. The number of rotatable bonds is 9. The summed E-state index contributed by atoms with van der Waals surface area (Å²) in [7, 11) is -3.96. The van der Waals surface area contributed by atoms with Gasteiger partial charge in [-0.25, -0.2) is 8.42 Å². The number of alkyl halides is 3. The van der Waals surface area contributed by atoms with Crippen LogP contribution in [0.15, 0.2) is 53.4 Å². The minimum Gasteiger partial charge on any atom is -0.351 e. The second kappa shape index (κ2) is 10.5. The number of carbonyl (C=O) groups excluding carboxylic acids is 1. The van der Waals surface area contributed by atoms with Crippen molar-refractivity contribution < 1.29 is 26.4 Å². The molecule has 164 valence electrons. The molecule has 0 aliphatic carbocycles. The molecule has 0 saturated heterocycles. The van der Waals surface area contributed by atoms with Gasteiger partial charge in [0.2, 0.25) is 15.9 Å². The third-order valence-corrected chi connectivity index (χ3v) is 6.48. The Bertz CT molecular complexity index is 950. The normalized spacial score (nSPS) is 13.1. The summed E-state index contributed by atoms with van der Waals surface area (Å²) in [4.78, 5) is 12.5. The molecule has 2 aromatic carbocycles. The summed E-state index contributed by atoms with van der Waals surface area (Å²) >= 11 is 7.23. The van der Waals surface area contributed by atoms with Gasteiger partial charge in [0, 0.05) is 11.6 Å². The number of halogens is 4. The SMILES string of the molecule is CSCCC(NS(=O)(=O)c1ccc(Cl)cc1)C(=O)NCc1ccc(C(F)(F)F)cc1. The number of benzene rings is 2. The number of nitrogens with one attached hydrogen (secondary N) is 2. The first kappa shape index (κ1) is 24.5. The number of carbonyl (C=O) groups is 1. The Hall–Kier alpha value is -1.75. The minimum atomic E-state index is -4.44. The molecule has 0 aromatic heterocycles. The van der Waals surface area contributed by atoms with Crippen LogP contribution >= 0.6 is 23.4 Å². The van der Waals surface area contributed by atoms with E-state index >= 15 is 0 Å². The van der Waals surface area contributed by atoms with Gasteiger partial charge in [-0.15, -0.1) is 0 Å². The lowest BCUT2D eigenvalue weighted by atomic mass is 10.1. The number of hydrogen-bond donors (Lipinski definition) is 2. The van der Waals surface area contributed by atoms with E-state index in [9.17, 15) is 26.4 Å². The summed E-state index contributed by atoms with van der Waals surface area (Å²) < 4.78 is 65.4. The van der Waals surface area contributed by atoms with Gasteiger partial charge in [0.1, 0.15) is 6.04 Å². The van der Waals surface area contributed by atoms with Gasteiger partial charge >= 0.3 is 6.18 Å². The third kappa shape index (κ3) is 7.19. The van der Waals surface area contributed by atoms with Crippen LogP contribution in [0, 0.1) is 0 Å². The van der Waals surface area contributed by atoms with E-state index < -0.39 is 33.7 Å². The van der Waals surface area contributed by atoms with E-state index in [2.05, 4.69) is 10.0 Å². The van der Waals surface area contributed by atoms with Crippen LogP contribution in [0.1, 0.15) is 17.5 Å². The lowest BCUT2D eigenvalue weighted by Gasteiger charge is -2.18. The molecule has 0 aliphatic rings. The van der Waals surface area contributed by atoms with Gasteiger partial charge in [-0.1, -0.05) is 23.7 Å². The maximum atomic E-state index is 12.6. The molecule has 5 nitrogen and oxygen atoms in total. The maximum Gasteiger partial charge on any atom is 0.416 e. The van der Waals surface area contributed by atoms with Crippen molar-refractivity contribution in [3.8, 4) is 0 Å². The lowest BCUT2D eigenvalue weighted by Crippen LogP contribution is -2.46. The highest BCUT2D eigenvalue weighted by Crippen LogP contribution is 2.29. The minimum absolute atomic E-state index is 0.0309. The van der Waals surface area contributed by atoms with Crippen molar-refractivity contribution in [2.24, 2.45) is 0 Å². The molecule has 1 atom stereocenters. The second-order valence-electron chi connectivity index (χ2n) is 6.32. The molecule has 2 aromatic rings. The summed E-state index contributed by atoms with van der Waals surface area (Å²) in [5.41, 5.74) is -0.327. The molecule has 2 N–H and O–H groups in total. The molecule has 0 heterocycles. The first-order valence-corrected chi connectivity index (χ1v) is 12.0. The molecule has 0 radical (unpaired) electrons. The van der Waals surface area contributed by atoms with Crippen molar-refractivity contribution in [3.63, 3.8) is 0 Å². The molecule has 30 heavy (non-hydrogen) atoms. The molecule has 11 heteroatoms. The summed E-state index contributed by atoms with van der Waals surface area (Å²) in [6.07, 6.45) is -2.37.